The maximum absolute atomic E-state index is 12.5. The summed E-state index contributed by atoms with van der Waals surface area (Å²) in [6.07, 6.45) is 0. The number of rotatable bonds is 5. The molecule has 29 heavy (non-hydrogen) atoms. The second-order valence-electron chi connectivity index (χ2n) is 6.90. The van der Waals surface area contributed by atoms with Gasteiger partial charge in [-0.25, -0.2) is 0 Å². The summed E-state index contributed by atoms with van der Waals surface area (Å²) >= 11 is 7.41. The Labute approximate surface area is 179 Å². The average Bonchev–Trinajstić information content (AvgIpc) is 2.68. The van der Waals surface area contributed by atoms with Crippen LogP contribution in [0.15, 0.2) is 58.4 Å². The van der Waals surface area contributed by atoms with E-state index < -0.39 is 5.25 Å². The zero-order valence-corrected chi connectivity index (χ0v) is 18.3. The molecular formula is C22H22ClN3O2S. The SMILES string of the molecule is Cc1ccc(-n2nc(SC(C)C(=O)Nc3ccc(C)c(Cl)c3)ccc2=O)cc1C. The number of nitrogens with zero attached hydrogens (tertiary/aromatic N) is 2. The van der Waals surface area contributed by atoms with Gasteiger partial charge in [0, 0.05) is 16.8 Å². The molecule has 0 spiro atoms. The van der Waals surface area contributed by atoms with Crippen molar-refractivity contribution < 1.29 is 4.79 Å². The van der Waals surface area contributed by atoms with Crippen molar-refractivity contribution in [2.45, 2.75) is 38.0 Å². The quantitative estimate of drug-likeness (QED) is 0.586. The Morgan fingerprint density at radius 2 is 1.76 bits per heavy atom. The summed E-state index contributed by atoms with van der Waals surface area (Å²) in [7, 11) is 0. The molecule has 1 aromatic heterocycles. The molecule has 1 N–H and O–H groups in total. The van der Waals surface area contributed by atoms with E-state index in [1.807, 2.05) is 51.1 Å². The van der Waals surface area contributed by atoms with E-state index in [1.54, 1.807) is 19.1 Å². The fraction of sp³-hybridized carbons (Fsp3) is 0.227. The molecular weight excluding hydrogens is 406 g/mol. The number of aryl methyl sites for hydroxylation is 3. The first-order valence-electron chi connectivity index (χ1n) is 9.16. The summed E-state index contributed by atoms with van der Waals surface area (Å²) in [4.78, 5) is 24.8. The molecule has 5 nitrogen and oxygen atoms in total. The lowest BCUT2D eigenvalue weighted by Gasteiger charge is -2.13. The van der Waals surface area contributed by atoms with Crippen LogP contribution < -0.4 is 10.9 Å². The average molecular weight is 428 g/mol. The normalized spacial score (nSPS) is 11.9. The van der Waals surface area contributed by atoms with Gasteiger partial charge in [0.2, 0.25) is 5.91 Å². The molecule has 0 radical (unpaired) electrons. The summed E-state index contributed by atoms with van der Waals surface area (Å²) in [5.74, 6) is -0.166. The molecule has 2 aromatic carbocycles. The molecule has 7 heteroatoms. The summed E-state index contributed by atoms with van der Waals surface area (Å²) in [5, 5.41) is 8.08. The molecule has 0 saturated carbocycles. The van der Waals surface area contributed by atoms with Crippen LogP contribution >= 0.6 is 23.4 Å². The first-order valence-corrected chi connectivity index (χ1v) is 10.4. The van der Waals surface area contributed by atoms with Crippen molar-refractivity contribution >= 4 is 35.0 Å². The minimum absolute atomic E-state index is 0.166. The molecule has 1 amide bonds. The number of carbonyl (C=O) groups excluding carboxylic acids is 1. The Bertz CT molecular complexity index is 1130. The number of thioether (sulfide) groups is 1. The van der Waals surface area contributed by atoms with Crippen molar-refractivity contribution in [2.75, 3.05) is 5.32 Å². The number of hydrogen-bond acceptors (Lipinski definition) is 4. The number of halogens is 1. The lowest BCUT2D eigenvalue weighted by molar-refractivity contribution is -0.115. The van der Waals surface area contributed by atoms with E-state index >= 15 is 0 Å². The molecule has 3 aromatic rings. The van der Waals surface area contributed by atoms with Crippen LogP contribution in [0, 0.1) is 20.8 Å². The van der Waals surface area contributed by atoms with Gasteiger partial charge < -0.3 is 5.32 Å². The molecule has 0 fully saturated rings. The molecule has 150 valence electrons. The third kappa shape index (κ3) is 5.08. The van der Waals surface area contributed by atoms with Crippen LogP contribution in [-0.2, 0) is 4.79 Å². The van der Waals surface area contributed by atoms with Crippen molar-refractivity contribution in [3.8, 4) is 5.69 Å². The number of aromatic nitrogens is 2. The molecule has 0 aliphatic carbocycles. The standard InChI is InChI=1S/C22H22ClN3O2S/c1-13-6-8-18(11-15(13)3)26-21(27)10-9-20(25-26)29-16(4)22(28)24-17-7-5-14(2)19(23)12-17/h5-12,16H,1-4H3,(H,24,28). The van der Waals surface area contributed by atoms with Gasteiger partial charge >= 0.3 is 0 Å². The Morgan fingerprint density at radius 3 is 2.45 bits per heavy atom. The largest absolute Gasteiger partial charge is 0.325 e. The second kappa shape index (κ2) is 8.84. The van der Waals surface area contributed by atoms with E-state index in [4.69, 9.17) is 11.6 Å². The van der Waals surface area contributed by atoms with Gasteiger partial charge in [-0.2, -0.15) is 9.78 Å². The van der Waals surface area contributed by atoms with Crippen LogP contribution in [0.1, 0.15) is 23.6 Å². The van der Waals surface area contributed by atoms with Gasteiger partial charge in [0.15, 0.2) is 0 Å². The van der Waals surface area contributed by atoms with Crippen molar-refractivity contribution in [1.82, 2.24) is 9.78 Å². The molecule has 1 unspecified atom stereocenters. The maximum Gasteiger partial charge on any atom is 0.271 e. The zero-order valence-electron chi connectivity index (χ0n) is 16.7. The molecule has 1 atom stereocenters. The van der Waals surface area contributed by atoms with E-state index in [2.05, 4.69) is 10.4 Å². The maximum atomic E-state index is 12.5. The van der Waals surface area contributed by atoms with Crippen LogP contribution in [0.4, 0.5) is 5.69 Å². The highest BCUT2D eigenvalue weighted by Gasteiger charge is 2.17. The summed E-state index contributed by atoms with van der Waals surface area (Å²) < 4.78 is 1.36. The molecule has 0 saturated heterocycles. The van der Waals surface area contributed by atoms with Crippen molar-refractivity contribution in [3.05, 3.63) is 80.6 Å². The van der Waals surface area contributed by atoms with Gasteiger partial charge in [-0.15, -0.1) is 0 Å². The molecule has 0 aliphatic heterocycles. The summed E-state index contributed by atoms with van der Waals surface area (Å²) in [6, 6.07) is 14.3. The minimum Gasteiger partial charge on any atom is -0.325 e. The van der Waals surface area contributed by atoms with Crippen molar-refractivity contribution in [3.63, 3.8) is 0 Å². The Morgan fingerprint density at radius 1 is 1.03 bits per heavy atom. The lowest BCUT2D eigenvalue weighted by Crippen LogP contribution is -2.24. The number of hydrogen-bond donors (Lipinski definition) is 1. The van der Waals surface area contributed by atoms with Crippen LogP contribution in [0.5, 0.6) is 0 Å². The first kappa shape index (κ1) is 21.1. The molecule has 3 rings (SSSR count). The van der Waals surface area contributed by atoms with E-state index in [0.717, 1.165) is 16.7 Å². The number of anilines is 1. The van der Waals surface area contributed by atoms with Gasteiger partial charge in [0.25, 0.3) is 5.56 Å². The van der Waals surface area contributed by atoms with Crippen molar-refractivity contribution in [1.29, 1.82) is 0 Å². The minimum atomic E-state index is -0.409. The second-order valence-corrected chi connectivity index (χ2v) is 8.67. The third-order valence-electron chi connectivity index (χ3n) is 4.62. The van der Waals surface area contributed by atoms with Gasteiger partial charge in [0.1, 0.15) is 5.03 Å². The number of amides is 1. The highest BCUT2D eigenvalue weighted by atomic mass is 35.5. The van der Waals surface area contributed by atoms with Crippen LogP contribution in [-0.4, -0.2) is 20.9 Å². The summed E-state index contributed by atoms with van der Waals surface area (Å²) in [6.45, 7) is 7.71. The van der Waals surface area contributed by atoms with Gasteiger partial charge in [0.05, 0.1) is 10.9 Å². The van der Waals surface area contributed by atoms with E-state index in [-0.39, 0.29) is 11.5 Å². The topological polar surface area (TPSA) is 64.0 Å². The number of benzene rings is 2. The first-order chi connectivity index (χ1) is 13.7. The monoisotopic (exact) mass is 427 g/mol. The highest BCUT2D eigenvalue weighted by molar-refractivity contribution is 8.00. The number of nitrogens with one attached hydrogen (secondary N) is 1. The van der Waals surface area contributed by atoms with Gasteiger partial charge in [-0.1, -0.05) is 35.5 Å². The smallest absolute Gasteiger partial charge is 0.271 e. The van der Waals surface area contributed by atoms with Gasteiger partial charge in [-0.3, -0.25) is 9.59 Å². The van der Waals surface area contributed by atoms with E-state index in [1.165, 1.54) is 22.5 Å². The molecule has 1 heterocycles. The Hall–Kier alpha value is -2.57. The fourth-order valence-corrected chi connectivity index (χ4v) is 3.63. The third-order valence-corrected chi connectivity index (χ3v) is 6.05. The van der Waals surface area contributed by atoms with Crippen LogP contribution in [0.3, 0.4) is 0 Å². The van der Waals surface area contributed by atoms with Crippen LogP contribution in [0.2, 0.25) is 5.02 Å². The Kier molecular flexibility index (Phi) is 6.45. The number of carbonyl (C=O) groups is 1. The van der Waals surface area contributed by atoms with E-state index in [0.29, 0.717) is 21.4 Å². The zero-order chi connectivity index (χ0) is 21.1. The van der Waals surface area contributed by atoms with Gasteiger partial charge in [-0.05, 0) is 74.7 Å². The Balaban J connectivity index is 1.77. The highest BCUT2D eigenvalue weighted by Crippen LogP contribution is 2.24. The molecule has 0 bridgehead atoms. The molecule has 0 aliphatic rings. The fourth-order valence-electron chi connectivity index (χ4n) is 2.65. The van der Waals surface area contributed by atoms with Crippen LogP contribution in [0.25, 0.3) is 5.69 Å². The lowest BCUT2D eigenvalue weighted by atomic mass is 10.1. The summed E-state index contributed by atoms with van der Waals surface area (Å²) in [5.41, 5.74) is 4.31. The predicted molar refractivity (Wildman–Crippen MR) is 119 cm³/mol. The predicted octanol–water partition coefficient (Wildman–Crippen LogP) is 4.93. The van der Waals surface area contributed by atoms with Crippen molar-refractivity contribution in [2.24, 2.45) is 0 Å². The van der Waals surface area contributed by atoms with E-state index in [9.17, 15) is 9.59 Å².